The summed E-state index contributed by atoms with van der Waals surface area (Å²) in [6, 6.07) is 0. The number of rotatable bonds is 1. The molecule has 0 radical (unpaired) electrons. The minimum absolute atomic E-state index is 0. The number of nitrogens with zero attached hydrogens (tertiary/aromatic N) is 2. The van der Waals surface area contributed by atoms with Crippen LogP contribution in [0.15, 0.2) is 18.7 Å². The van der Waals surface area contributed by atoms with Gasteiger partial charge in [0.2, 0.25) is 0 Å². The SMILES string of the molecule is CC(O)C1n2cc[n+]1c2.Cl. The van der Waals surface area contributed by atoms with Gasteiger partial charge in [-0.05, 0) is 6.92 Å². The van der Waals surface area contributed by atoms with Crippen molar-refractivity contribution in [3.8, 4) is 0 Å². The second-order valence-corrected chi connectivity index (χ2v) is 2.46. The zero-order valence-electron chi connectivity index (χ0n) is 5.64. The maximum absolute atomic E-state index is 9.11. The van der Waals surface area contributed by atoms with Crippen LogP contribution in [0.25, 0.3) is 0 Å². The number of hydrogen-bond acceptors (Lipinski definition) is 1. The van der Waals surface area contributed by atoms with Gasteiger partial charge < -0.3 is 5.11 Å². The highest BCUT2D eigenvalue weighted by molar-refractivity contribution is 5.85. The Bertz CT molecular complexity index is 207. The molecule has 2 bridgehead atoms. The molecule has 0 aromatic carbocycles. The summed E-state index contributed by atoms with van der Waals surface area (Å²) in [6.45, 7) is 1.80. The Morgan fingerprint density at radius 1 is 1.70 bits per heavy atom. The van der Waals surface area contributed by atoms with Crippen LogP contribution in [0.1, 0.15) is 13.1 Å². The smallest absolute Gasteiger partial charge is 0.268 e. The van der Waals surface area contributed by atoms with Crippen LogP contribution in [0, 0.1) is 0 Å². The molecule has 3 nitrogen and oxygen atoms in total. The van der Waals surface area contributed by atoms with Crippen LogP contribution in [0.2, 0.25) is 0 Å². The third kappa shape index (κ3) is 0.744. The molecular formula is C6H10ClN2O+. The van der Waals surface area contributed by atoms with Crippen LogP contribution >= 0.6 is 12.4 Å². The first-order valence-electron chi connectivity index (χ1n) is 3.05. The van der Waals surface area contributed by atoms with E-state index in [1.807, 2.05) is 27.9 Å². The van der Waals surface area contributed by atoms with Gasteiger partial charge in [-0.3, -0.25) is 0 Å². The van der Waals surface area contributed by atoms with Crippen LogP contribution in [-0.2, 0) is 0 Å². The number of fused-ring (bicyclic) bond motifs is 1. The molecule has 3 rings (SSSR count). The van der Waals surface area contributed by atoms with Crippen molar-refractivity contribution in [1.29, 1.82) is 0 Å². The Labute approximate surface area is 65.3 Å². The molecule has 10 heavy (non-hydrogen) atoms. The third-order valence-corrected chi connectivity index (χ3v) is 1.72. The molecule has 1 N–H and O–H groups in total. The van der Waals surface area contributed by atoms with Crippen molar-refractivity contribution in [2.75, 3.05) is 0 Å². The van der Waals surface area contributed by atoms with Crippen LogP contribution in [0.4, 0.5) is 0 Å². The van der Waals surface area contributed by atoms with Gasteiger partial charge in [0.05, 0.1) is 0 Å². The van der Waals surface area contributed by atoms with Crippen molar-refractivity contribution in [1.82, 2.24) is 4.57 Å². The standard InChI is InChI=1S/C6H9N2O.ClH/c1-5(9)6-7-2-3-8(6)4-7;/h2-6,9H,1H3;1H/q+1;. The summed E-state index contributed by atoms with van der Waals surface area (Å²) in [6.07, 6.45) is 5.78. The van der Waals surface area contributed by atoms with Gasteiger partial charge in [0, 0.05) is 0 Å². The third-order valence-electron chi connectivity index (χ3n) is 1.72. The predicted molar refractivity (Wildman–Crippen MR) is 38.0 cm³/mol. The number of aliphatic hydroxyl groups is 1. The molecule has 0 saturated heterocycles. The molecule has 0 saturated carbocycles. The molecule has 1 aromatic rings. The molecule has 1 unspecified atom stereocenters. The van der Waals surface area contributed by atoms with Gasteiger partial charge in [-0.1, -0.05) is 0 Å². The Balaban J connectivity index is 0.000000500. The Kier molecular flexibility index (Phi) is 1.70. The van der Waals surface area contributed by atoms with Gasteiger partial charge in [0.25, 0.3) is 12.5 Å². The van der Waals surface area contributed by atoms with E-state index in [-0.39, 0.29) is 24.7 Å². The molecule has 56 valence electrons. The number of hydrogen-bond donors (Lipinski definition) is 1. The van der Waals surface area contributed by atoms with Crippen LogP contribution < -0.4 is 4.57 Å². The fraction of sp³-hybridized carbons (Fsp3) is 0.500. The second-order valence-electron chi connectivity index (χ2n) is 2.46. The molecule has 4 heteroatoms. The number of aromatic nitrogens is 2. The zero-order chi connectivity index (χ0) is 6.43. The average molecular weight is 162 g/mol. The molecule has 1 aromatic heterocycles. The average Bonchev–Trinajstić information content (AvgIpc) is 2.13. The van der Waals surface area contributed by atoms with Crippen molar-refractivity contribution in [3.63, 3.8) is 0 Å². The van der Waals surface area contributed by atoms with Crippen molar-refractivity contribution < 1.29 is 9.67 Å². The van der Waals surface area contributed by atoms with Crippen LogP contribution in [-0.4, -0.2) is 15.8 Å². The van der Waals surface area contributed by atoms with Gasteiger partial charge in [-0.25, -0.2) is 0 Å². The first-order valence-corrected chi connectivity index (χ1v) is 3.05. The normalized spacial score (nSPS) is 22.8. The van der Waals surface area contributed by atoms with E-state index in [9.17, 15) is 0 Å². The minimum atomic E-state index is -0.273. The molecule has 2 aliphatic heterocycles. The van der Waals surface area contributed by atoms with Gasteiger partial charge in [-0.2, -0.15) is 9.13 Å². The Morgan fingerprint density at radius 3 is 2.60 bits per heavy atom. The topological polar surface area (TPSA) is 29.0 Å². The Hall–Kier alpha value is -0.540. The quantitative estimate of drug-likeness (QED) is 0.575. The van der Waals surface area contributed by atoms with Crippen molar-refractivity contribution >= 4 is 12.4 Å². The summed E-state index contributed by atoms with van der Waals surface area (Å²) >= 11 is 0. The first kappa shape index (κ1) is 7.57. The molecule has 1 atom stereocenters. The molecule has 0 spiro atoms. The first-order chi connectivity index (χ1) is 4.29. The van der Waals surface area contributed by atoms with E-state index in [1.54, 1.807) is 6.92 Å². The van der Waals surface area contributed by atoms with E-state index in [2.05, 4.69) is 0 Å². The van der Waals surface area contributed by atoms with E-state index in [4.69, 9.17) is 5.11 Å². The van der Waals surface area contributed by atoms with E-state index in [0.717, 1.165) is 0 Å². The van der Waals surface area contributed by atoms with E-state index < -0.39 is 0 Å². The fourth-order valence-corrected chi connectivity index (χ4v) is 1.28. The Morgan fingerprint density at radius 2 is 2.40 bits per heavy atom. The van der Waals surface area contributed by atoms with Gasteiger partial charge in [0.1, 0.15) is 18.5 Å². The van der Waals surface area contributed by atoms with E-state index >= 15 is 0 Å². The van der Waals surface area contributed by atoms with E-state index in [0.29, 0.717) is 0 Å². The highest BCUT2D eigenvalue weighted by atomic mass is 35.5. The lowest BCUT2D eigenvalue weighted by molar-refractivity contribution is -0.763. The molecule has 2 aliphatic rings. The summed E-state index contributed by atoms with van der Waals surface area (Å²) < 4.78 is 3.98. The summed E-state index contributed by atoms with van der Waals surface area (Å²) in [5.41, 5.74) is 0. The largest absolute Gasteiger partial charge is 0.384 e. The zero-order valence-corrected chi connectivity index (χ0v) is 6.45. The number of halogens is 1. The summed E-state index contributed by atoms with van der Waals surface area (Å²) in [5, 5.41) is 9.11. The highest BCUT2D eigenvalue weighted by Crippen LogP contribution is 2.13. The van der Waals surface area contributed by atoms with Crippen LogP contribution in [0.5, 0.6) is 0 Å². The molecule has 0 aliphatic carbocycles. The van der Waals surface area contributed by atoms with Gasteiger partial charge in [0.15, 0.2) is 0 Å². The molecular weight excluding hydrogens is 152 g/mol. The molecule has 3 heterocycles. The number of aliphatic hydroxyl groups excluding tert-OH is 1. The summed E-state index contributed by atoms with van der Waals surface area (Å²) in [4.78, 5) is 0. The van der Waals surface area contributed by atoms with Crippen molar-refractivity contribution in [3.05, 3.63) is 18.7 Å². The monoisotopic (exact) mass is 161 g/mol. The lowest BCUT2D eigenvalue weighted by atomic mass is 10.3. The summed E-state index contributed by atoms with van der Waals surface area (Å²) in [7, 11) is 0. The van der Waals surface area contributed by atoms with Crippen molar-refractivity contribution in [2.24, 2.45) is 0 Å². The highest BCUT2D eigenvalue weighted by Gasteiger charge is 2.36. The van der Waals surface area contributed by atoms with E-state index in [1.165, 1.54) is 0 Å². The van der Waals surface area contributed by atoms with Gasteiger partial charge >= 0.3 is 0 Å². The van der Waals surface area contributed by atoms with Crippen molar-refractivity contribution in [2.45, 2.75) is 19.2 Å². The predicted octanol–water partition coefficient (Wildman–Crippen LogP) is -0.0615. The molecule has 0 amide bonds. The molecule has 0 fully saturated rings. The minimum Gasteiger partial charge on any atom is -0.384 e. The lowest BCUT2D eigenvalue weighted by Crippen LogP contribution is -2.53. The second kappa shape index (κ2) is 2.25. The number of imidazole rings is 1. The summed E-state index contributed by atoms with van der Waals surface area (Å²) in [5.74, 6) is 0. The van der Waals surface area contributed by atoms with Gasteiger partial charge in [-0.15, -0.1) is 12.4 Å². The fourth-order valence-electron chi connectivity index (χ4n) is 1.28. The maximum atomic E-state index is 9.11. The van der Waals surface area contributed by atoms with Crippen LogP contribution in [0.3, 0.4) is 0 Å². The maximum Gasteiger partial charge on any atom is 0.268 e. The lowest BCUT2D eigenvalue weighted by Gasteiger charge is -2.17.